The highest BCUT2D eigenvalue weighted by Crippen LogP contribution is 2.23. The Hall–Kier alpha value is -2.53. The van der Waals surface area contributed by atoms with Gasteiger partial charge in [0.1, 0.15) is 5.75 Å². The van der Waals surface area contributed by atoms with Crippen molar-refractivity contribution in [3.05, 3.63) is 64.7 Å². The van der Waals surface area contributed by atoms with E-state index in [2.05, 4.69) is 5.32 Å². The number of benzene rings is 2. The van der Waals surface area contributed by atoms with Gasteiger partial charge >= 0.3 is 0 Å². The van der Waals surface area contributed by atoms with Crippen LogP contribution in [0.5, 0.6) is 5.75 Å². The molecule has 0 saturated carbocycles. The third-order valence-corrected chi connectivity index (χ3v) is 3.68. The van der Waals surface area contributed by atoms with Crippen LogP contribution in [-0.2, 0) is 11.3 Å². The van der Waals surface area contributed by atoms with E-state index in [4.69, 9.17) is 22.1 Å². The minimum atomic E-state index is -0.468. The van der Waals surface area contributed by atoms with E-state index < -0.39 is 5.91 Å². The van der Waals surface area contributed by atoms with E-state index in [9.17, 15) is 9.59 Å². The minimum absolute atomic E-state index is 0.0586. The van der Waals surface area contributed by atoms with Gasteiger partial charge in [-0.15, -0.1) is 0 Å². The molecule has 0 bridgehead atoms. The second-order valence-electron chi connectivity index (χ2n) is 5.22. The Morgan fingerprint density at radius 2 is 1.79 bits per heavy atom. The normalized spacial score (nSPS) is 10.2. The molecule has 0 spiro atoms. The summed E-state index contributed by atoms with van der Waals surface area (Å²) in [7, 11) is 0. The molecule has 2 rings (SSSR count). The summed E-state index contributed by atoms with van der Waals surface area (Å²) in [6, 6.07) is 14.0. The third kappa shape index (κ3) is 5.59. The number of nitrogens with one attached hydrogen (secondary N) is 1. The van der Waals surface area contributed by atoms with Crippen LogP contribution >= 0.6 is 11.6 Å². The topological polar surface area (TPSA) is 81.4 Å². The van der Waals surface area contributed by atoms with Gasteiger partial charge in [0.2, 0.25) is 11.8 Å². The highest BCUT2D eigenvalue weighted by molar-refractivity contribution is 6.32. The van der Waals surface area contributed by atoms with Crippen LogP contribution in [0, 0.1) is 0 Å². The molecule has 0 unspecified atom stereocenters. The summed E-state index contributed by atoms with van der Waals surface area (Å²) < 4.78 is 5.53. The van der Waals surface area contributed by atoms with Gasteiger partial charge in [0.15, 0.2) is 0 Å². The Labute approximate surface area is 145 Å². The lowest BCUT2D eigenvalue weighted by Crippen LogP contribution is -2.23. The maximum absolute atomic E-state index is 11.8. The number of rotatable bonds is 8. The van der Waals surface area contributed by atoms with Crippen LogP contribution in [0.15, 0.2) is 48.5 Å². The van der Waals surface area contributed by atoms with Gasteiger partial charge < -0.3 is 15.8 Å². The molecule has 5 nitrogen and oxygen atoms in total. The number of carbonyl (C=O) groups is 2. The van der Waals surface area contributed by atoms with E-state index in [1.54, 1.807) is 36.4 Å². The molecule has 0 heterocycles. The lowest BCUT2D eigenvalue weighted by atomic mass is 10.1. The van der Waals surface area contributed by atoms with Gasteiger partial charge in [0, 0.05) is 18.5 Å². The number of para-hydroxylation sites is 1. The minimum Gasteiger partial charge on any atom is -0.492 e. The molecule has 6 heteroatoms. The Morgan fingerprint density at radius 3 is 2.46 bits per heavy atom. The summed E-state index contributed by atoms with van der Waals surface area (Å²) in [6.07, 6.45) is 0.960. The van der Waals surface area contributed by atoms with Crippen LogP contribution in [0.3, 0.4) is 0 Å². The molecule has 2 aromatic rings. The van der Waals surface area contributed by atoms with E-state index >= 15 is 0 Å². The summed E-state index contributed by atoms with van der Waals surface area (Å²) in [6.45, 7) is 0.827. The Kier molecular flexibility index (Phi) is 6.63. The van der Waals surface area contributed by atoms with E-state index in [0.29, 0.717) is 42.3 Å². The van der Waals surface area contributed by atoms with E-state index in [1.165, 1.54) is 0 Å². The van der Waals surface area contributed by atoms with Gasteiger partial charge in [-0.25, -0.2) is 0 Å². The first-order chi connectivity index (χ1) is 11.6. The van der Waals surface area contributed by atoms with Crippen molar-refractivity contribution in [3.8, 4) is 5.75 Å². The number of nitrogens with two attached hydrogens (primary N) is 1. The molecule has 0 aliphatic heterocycles. The quantitative estimate of drug-likeness (QED) is 0.721. The Bertz CT molecular complexity index is 702. The number of hydrogen-bond donors (Lipinski definition) is 2. The highest BCUT2D eigenvalue weighted by Gasteiger charge is 2.04. The van der Waals surface area contributed by atoms with Crippen molar-refractivity contribution in [2.24, 2.45) is 5.73 Å². The van der Waals surface area contributed by atoms with E-state index in [0.717, 1.165) is 5.56 Å². The molecule has 0 aliphatic carbocycles. The summed E-state index contributed by atoms with van der Waals surface area (Å²) in [5, 5.41) is 3.38. The predicted octanol–water partition coefficient (Wildman–Crippen LogP) is 2.91. The molecule has 0 radical (unpaired) electrons. The number of hydrogen-bond acceptors (Lipinski definition) is 3. The molecule has 0 aromatic heterocycles. The van der Waals surface area contributed by atoms with Gasteiger partial charge in [-0.3, -0.25) is 9.59 Å². The number of halogens is 1. The van der Waals surface area contributed by atoms with Crippen molar-refractivity contribution < 1.29 is 14.3 Å². The van der Waals surface area contributed by atoms with E-state index in [1.807, 2.05) is 12.1 Å². The third-order valence-electron chi connectivity index (χ3n) is 3.37. The van der Waals surface area contributed by atoms with Gasteiger partial charge in [0.25, 0.3) is 0 Å². The number of amides is 2. The summed E-state index contributed by atoms with van der Waals surface area (Å²) in [5.74, 6) is 0.0926. The standard InChI is InChI=1S/C18H19ClN2O3/c19-15-4-1-2-5-16(15)24-11-3-6-17(22)21-12-13-7-9-14(10-8-13)18(20)23/h1-2,4-5,7-10H,3,6,11-12H2,(H2,20,23)(H,21,22). The molecule has 2 aromatic carbocycles. The highest BCUT2D eigenvalue weighted by atomic mass is 35.5. The maximum Gasteiger partial charge on any atom is 0.248 e. The molecule has 0 atom stereocenters. The molecule has 3 N–H and O–H groups in total. The maximum atomic E-state index is 11.8. The second kappa shape index (κ2) is 8.93. The fourth-order valence-electron chi connectivity index (χ4n) is 2.05. The fraction of sp³-hybridized carbons (Fsp3) is 0.222. The number of ether oxygens (including phenoxy) is 1. The zero-order valence-corrected chi connectivity index (χ0v) is 13.9. The van der Waals surface area contributed by atoms with Crippen molar-refractivity contribution in [1.82, 2.24) is 5.32 Å². The monoisotopic (exact) mass is 346 g/mol. The lowest BCUT2D eigenvalue weighted by Gasteiger charge is -2.08. The SMILES string of the molecule is NC(=O)c1ccc(CNC(=O)CCCOc2ccccc2Cl)cc1. The lowest BCUT2D eigenvalue weighted by molar-refractivity contribution is -0.121. The predicted molar refractivity (Wildman–Crippen MR) is 93.0 cm³/mol. The number of primary amides is 1. The molecule has 2 amide bonds. The zero-order chi connectivity index (χ0) is 17.4. The smallest absolute Gasteiger partial charge is 0.248 e. The molecule has 0 saturated heterocycles. The summed E-state index contributed by atoms with van der Waals surface area (Å²) >= 11 is 5.98. The van der Waals surface area contributed by atoms with Crippen LogP contribution < -0.4 is 15.8 Å². The summed E-state index contributed by atoms with van der Waals surface area (Å²) in [5.41, 5.74) is 6.53. The number of carbonyl (C=O) groups excluding carboxylic acids is 2. The molecule has 0 fully saturated rings. The zero-order valence-electron chi connectivity index (χ0n) is 13.1. The molecular formula is C18H19ClN2O3. The average Bonchev–Trinajstić information content (AvgIpc) is 2.58. The average molecular weight is 347 g/mol. The van der Waals surface area contributed by atoms with Crippen LogP contribution in [0.25, 0.3) is 0 Å². The Morgan fingerprint density at radius 1 is 1.08 bits per heavy atom. The Balaban J connectivity index is 1.66. The summed E-state index contributed by atoms with van der Waals surface area (Å²) in [4.78, 5) is 22.8. The van der Waals surface area contributed by atoms with Crippen molar-refractivity contribution >= 4 is 23.4 Å². The molecule has 24 heavy (non-hydrogen) atoms. The van der Waals surface area contributed by atoms with Crippen molar-refractivity contribution in [2.75, 3.05) is 6.61 Å². The van der Waals surface area contributed by atoms with E-state index in [-0.39, 0.29) is 5.91 Å². The van der Waals surface area contributed by atoms with Crippen LogP contribution in [0.1, 0.15) is 28.8 Å². The van der Waals surface area contributed by atoms with Crippen molar-refractivity contribution in [3.63, 3.8) is 0 Å². The molecule has 0 aliphatic rings. The van der Waals surface area contributed by atoms with Gasteiger partial charge in [-0.2, -0.15) is 0 Å². The molecule has 126 valence electrons. The van der Waals surface area contributed by atoms with Gasteiger partial charge in [-0.1, -0.05) is 35.9 Å². The molecular weight excluding hydrogens is 328 g/mol. The largest absolute Gasteiger partial charge is 0.492 e. The van der Waals surface area contributed by atoms with Crippen LogP contribution in [0.2, 0.25) is 5.02 Å². The van der Waals surface area contributed by atoms with Crippen LogP contribution in [0.4, 0.5) is 0 Å². The van der Waals surface area contributed by atoms with Gasteiger partial charge in [0.05, 0.1) is 11.6 Å². The first kappa shape index (κ1) is 17.8. The van der Waals surface area contributed by atoms with Crippen molar-refractivity contribution in [1.29, 1.82) is 0 Å². The first-order valence-corrected chi connectivity index (χ1v) is 7.97. The fourth-order valence-corrected chi connectivity index (χ4v) is 2.24. The second-order valence-corrected chi connectivity index (χ2v) is 5.63. The first-order valence-electron chi connectivity index (χ1n) is 7.59. The van der Waals surface area contributed by atoms with Gasteiger partial charge in [-0.05, 0) is 36.2 Å². The van der Waals surface area contributed by atoms with Crippen molar-refractivity contribution in [2.45, 2.75) is 19.4 Å². The van der Waals surface area contributed by atoms with Crippen LogP contribution in [-0.4, -0.2) is 18.4 Å².